The summed E-state index contributed by atoms with van der Waals surface area (Å²) in [4.78, 5) is 48.2. The number of amides is 1. The van der Waals surface area contributed by atoms with Crippen LogP contribution in [0.3, 0.4) is 0 Å². The first-order chi connectivity index (χ1) is 10.3. The van der Waals surface area contributed by atoms with Gasteiger partial charge in [0.05, 0.1) is 12.6 Å². The monoisotopic (exact) mass is 379 g/mol. The van der Waals surface area contributed by atoms with Gasteiger partial charge in [-0.3, -0.25) is 13.9 Å². The van der Waals surface area contributed by atoms with Crippen LogP contribution in [0.5, 0.6) is 0 Å². The van der Waals surface area contributed by atoms with Crippen LogP contribution < -0.4 is 5.32 Å². The fourth-order valence-corrected chi connectivity index (χ4v) is 5.23. The first-order valence-corrected chi connectivity index (χ1v) is 9.67. The minimum Gasteiger partial charge on any atom is -0.394 e. The van der Waals surface area contributed by atoms with Crippen LogP contribution in [-0.4, -0.2) is 83.3 Å². The van der Waals surface area contributed by atoms with Gasteiger partial charge in [-0.05, 0) is 0 Å². The summed E-state index contributed by atoms with van der Waals surface area (Å²) in [5.41, 5.74) is 0. The molecule has 136 valence electrons. The van der Waals surface area contributed by atoms with Crippen LogP contribution in [-0.2, 0) is 18.7 Å². The van der Waals surface area contributed by atoms with Gasteiger partial charge in [0, 0.05) is 6.92 Å². The second-order valence-corrected chi connectivity index (χ2v) is 9.00. The van der Waals surface area contributed by atoms with E-state index in [1.165, 1.54) is 0 Å². The SMILES string of the molecule is CC(=O)N[C@H]1C(C(P(=O)(O)O)P(=O)(O)O)O[C@H](CO)[C@H](O)[C@@H]1O. The molecule has 8 N–H and O–H groups in total. The summed E-state index contributed by atoms with van der Waals surface area (Å²) in [5, 5.41) is 28.2. The molecule has 0 aliphatic carbocycles. The maximum atomic E-state index is 11.5. The Bertz CT molecular complexity index is 508. The molecule has 5 atom stereocenters. The molecule has 1 rings (SSSR count). The molecule has 0 spiro atoms. The largest absolute Gasteiger partial charge is 0.394 e. The zero-order chi connectivity index (χ0) is 18.2. The average molecular weight is 379 g/mol. The zero-order valence-electron chi connectivity index (χ0n) is 11.8. The van der Waals surface area contributed by atoms with Crippen LogP contribution >= 0.6 is 15.2 Å². The number of ether oxygens (including phenoxy) is 1. The van der Waals surface area contributed by atoms with Crippen molar-refractivity contribution in [1.29, 1.82) is 0 Å². The minimum absolute atomic E-state index is 0.799. The van der Waals surface area contributed by atoms with Crippen molar-refractivity contribution >= 4 is 21.1 Å². The third-order valence-corrected chi connectivity index (χ3v) is 7.09. The Morgan fingerprint density at radius 2 is 1.61 bits per heavy atom. The molecule has 0 saturated carbocycles. The maximum Gasteiger partial charge on any atom is 0.343 e. The van der Waals surface area contributed by atoms with Gasteiger partial charge in [-0.15, -0.1) is 0 Å². The number of rotatable bonds is 5. The van der Waals surface area contributed by atoms with Gasteiger partial charge in [-0.1, -0.05) is 0 Å². The number of aliphatic hydroxyl groups is 3. The van der Waals surface area contributed by atoms with Crippen molar-refractivity contribution in [3.05, 3.63) is 0 Å². The van der Waals surface area contributed by atoms with Crippen LogP contribution in [0.4, 0.5) is 0 Å². The molecule has 1 heterocycles. The van der Waals surface area contributed by atoms with Crippen molar-refractivity contribution in [1.82, 2.24) is 5.32 Å². The van der Waals surface area contributed by atoms with Crippen molar-refractivity contribution in [2.24, 2.45) is 0 Å². The van der Waals surface area contributed by atoms with E-state index in [0.29, 0.717) is 0 Å². The first-order valence-electron chi connectivity index (χ1n) is 6.30. The number of hydrogen-bond acceptors (Lipinski definition) is 7. The Balaban J connectivity index is 3.36. The highest BCUT2D eigenvalue weighted by molar-refractivity contribution is 7.71. The van der Waals surface area contributed by atoms with Crippen LogP contribution in [0.2, 0.25) is 0 Å². The van der Waals surface area contributed by atoms with E-state index in [1.807, 2.05) is 5.32 Å². The molecule has 14 heteroatoms. The molecule has 1 unspecified atom stereocenters. The van der Waals surface area contributed by atoms with Crippen molar-refractivity contribution in [2.45, 2.75) is 42.8 Å². The van der Waals surface area contributed by atoms with Gasteiger partial charge in [-0.2, -0.15) is 0 Å². The third-order valence-electron chi connectivity index (χ3n) is 3.32. The molecule has 0 aromatic rings. The van der Waals surface area contributed by atoms with Gasteiger partial charge in [0.1, 0.15) is 24.4 Å². The zero-order valence-corrected chi connectivity index (χ0v) is 13.6. The van der Waals surface area contributed by atoms with E-state index in [2.05, 4.69) is 0 Å². The van der Waals surface area contributed by atoms with Crippen LogP contribution in [0.15, 0.2) is 0 Å². The predicted octanol–water partition coefficient (Wildman–Crippen LogP) is -3.35. The molecular weight excluding hydrogens is 360 g/mol. The van der Waals surface area contributed by atoms with E-state index in [-0.39, 0.29) is 0 Å². The van der Waals surface area contributed by atoms with Gasteiger partial charge >= 0.3 is 15.2 Å². The van der Waals surface area contributed by atoms with Gasteiger partial charge in [0.2, 0.25) is 5.91 Å². The van der Waals surface area contributed by atoms with E-state index >= 15 is 0 Å². The standard InChI is InChI=1S/C9H19NO11P2/c1-3(12)10-5-7(14)6(13)4(2-11)21-8(5)9(22(15,16)17)23(18,19)20/h4-9,11,13-14H,2H2,1H3,(H,10,12)(H2,15,16,17)(H2,18,19,20)/t4-,5-,6+,7-,8?/m1/s1. The summed E-state index contributed by atoms with van der Waals surface area (Å²) in [7, 11) is -10.9. The number of nitrogens with one attached hydrogen (secondary N) is 1. The molecule has 1 fully saturated rings. The predicted molar refractivity (Wildman–Crippen MR) is 73.2 cm³/mol. The summed E-state index contributed by atoms with van der Waals surface area (Å²) in [6.07, 6.45) is -7.23. The van der Waals surface area contributed by atoms with Crippen LogP contribution in [0.1, 0.15) is 6.92 Å². The highest BCUT2D eigenvalue weighted by Gasteiger charge is 2.57. The van der Waals surface area contributed by atoms with Gasteiger partial charge < -0.3 is 44.9 Å². The van der Waals surface area contributed by atoms with E-state index in [0.717, 1.165) is 6.92 Å². The van der Waals surface area contributed by atoms with Crippen molar-refractivity contribution in [3.63, 3.8) is 0 Å². The smallest absolute Gasteiger partial charge is 0.343 e. The normalized spacial score (nSPS) is 32.8. The second kappa shape index (κ2) is 7.24. The molecule has 0 radical (unpaired) electrons. The highest BCUT2D eigenvalue weighted by Crippen LogP contribution is 2.62. The van der Waals surface area contributed by atoms with Gasteiger partial charge in [0.15, 0.2) is 5.40 Å². The molecule has 0 aromatic carbocycles. The topological polar surface area (TPSA) is 214 Å². The average Bonchev–Trinajstić information content (AvgIpc) is 2.34. The molecule has 0 aromatic heterocycles. The molecule has 23 heavy (non-hydrogen) atoms. The van der Waals surface area contributed by atoms with Crippen LogP contribution in [0, 0.1) is 0 Å². The van der Waals surface area contributed by atoms with Crippen molar-refractivity contribution in [3.8, 4) is 0 Å². The fourth-order valence-electron chi connectivity index (χ4n) is 2.38. The maximum absolute atomic E-state index is 11.5. The molecule has 1 saturated heterocycles. The Kier molecular flexibility index (Phi) is 6.50. The highest BCUT2D eigenvalue weighted by atomic mass is 31.2. The minimum atomic E-state index is -5.44. The first kappa shape index (κ1) is 20.7. The number of hydrogen-bond donors (Lipinski definition) is 8. The molecule has 1 amide bonds. The Hall–Kier alpha value is -0.390. The van der Waals surface area contributed by atoms with Crippen LogP contribution in [0.25, 0.3) is 0 Å². The quantitative estimate of drug-likeness (QED) is 0.221. The lowest BCUT2D eigenvalue weighted by Crippen LogP contribution is -2.66. The summed E-state index contributed by atoms with van der Waals surface area (Å²) in [6.45, 7) is 0.0921. The van der Waals surface area contributed by atoms with E-state index in [4.69, 9.17) is 9.84 Å². The summed E-state index contributed by atoms with van der Waals surface area (Å²) in [6, 6.07) is -1.71. The molecule has 1 aliphatic heterocycles. The third kappa shape index (κ3) is 4.80. The second-order valence-electron chi connectivity index (χ2n) is 5.12. The fraction of sp³-hybridized carbons (Fsp3) is 0.889. The Morgan fingerprint density at radius 3 is 1.96 bits per heavy atom. The lowest BCUT2D eigenvalue weighted by atomic mass is 9.93. The molecular formula is C9H19NO11P2. The molecule has 0 bridgehead atoms. The number of carbonyl (C=O) groups excluding carboxylic acids is 1. The van der Waals surface area contributed by atoms with E-state index in [9.17, 15) is 43.7 Å². The van der Waals surface area contributed by atoms with E-state index < -0.39 is 63.6 Å². The van der Waals surface area contributed by atoms with E-state index in [1.54, 1.807) is 0 Å². The van der Waals surface area contributed by atoms with Crippen molar-refractivity contribution in [2.75, 3.05) is 6.61 Å². The number of carbonyl (C=O) groups is 1. The van der Waals surface area contributed by atoms with Crippen molar-refractivity contribution < 1.29 is 53.6 Å². The van der Waals surface area contributed by atoms with Gasteiger partial charge in [-0.25, -0.2) is 0 Å². The lowest BCUT2D eigenvalue weighted by molar-refractivity contribution is -0.193. The Labute approximate surface area is 130 Å². The van der Waals surface area contributed by atoms with Gasteiger partial charge in [0.25, 0.3) is 0 Å². The lowest BCUT2D eigenvalue weighted by Gasteiger charge is -2.45. The molecule has 1 aliphatic rings. The Morgan fingerprint density at radius 1 is 1.13 bits per heavy atom. The number of aliphatic hydroxyl groups excluding tert-OH is 3. The summed E-state index contributed by atoms with van der Waals surface area (Å²) >= 11 is 0. The summed E-state index contributed by atoms with van der Waals surface area (Å²) < 4.78 is 28.0. The molecule has 12 nitrogen and oxygen atoms in total. The summed E-state index contributed by atoms with van der Waals surface area (Å²) in [5.74, 6) is -0.799.